The molecule has 4 rings (SSSR count). The standard InChI is InChI=1S/C27H33N5O3/c1-18-23(33)16-31(18)26(35)24(19-7-5-13-29-15-19)32(25(34)22-8-6-14-30(22)17-28)21-11-9-20(10-12-21)27(2,3)4/h5,7,9-13,15,18,22-24,33H,6,8,14,16H2,1-4H3/t18-,22+,23-,24?/m0/s1. The molecular weight excluding hydrogens is 442 g/mol. The monoisotopic (exact) mass is 475 g/mol. The number of carbonyl (C=O) groups excluding carboxylic acids is 2. The van der Waals surface area contributed by atoms with E-state index in [9.17, 15) is 20.0 Å². The Balaban J connectivity index is 1.82. The SMILES string of the molecule is C[C@H]1[C@@H](O)CN1C(=O)C(c1cccnc1)N(C(=O)[C@H]1CCCN1C#N)c1ccc(C(C)(C)C)cc1. The minimum Gasteiger partial charge on any atom is -0.389 e. The van der Waals surface area contributed by atoms with Crippen molar-refractivity contribution in [2.45, 2.75) is 70.2 Å². The first-order chi connectivity index (χ1) is 16.6. The highest BCUT2D eigenvalue weighted by molar-refractivity contribution is 6.04. The molecule has 2 aliphatic heterocycles. The Labute approximate surface area is 206 Å². The summed E-state index contributed by atoms with van der Waals surface area (Å²) in [5.74, 6) is -0.561. The molecule has 2 aromatic rings. The van der Waals surface area contributed by atoms with Crippen LogP contribution in [0.3, 0.4) is 0 Å². The van der Waals surface area contributed by atoms with Gasteiger partial charge < -0.3 is 10.0 Å². The summed E-state index contributed by atoms with van der Waals surface area (Å²) in [6.07, 6.45) is 6.07. The molecule has 0 saturated carbocycles. The molecule has 8 heteroatoms. The topological polar surface area (TPSA) is 101 Å². The van der Waals surface area contributed by atoms with Crippen molar-refractivity contribution < 1.29 is 14.7 Å². The van der Waals surface area contributed by atoms with Crippen molar-refractivity contribution in [3.05, 3.63) is 59.9 Å². The van der Waals surface area contributed by atoms with Crippen LogP contribution < -0.4 is 4.90 Å². The lowest BCUT2D eigenvalue weighted by molar-refractivity contribution is -0.151. The summed E-state index contributed by atoms with van der Waals surface area (Å²) < 4.78 is 0. The number of anilines is 1. The molecule has 184 valence electrons. The second-order valence-corrected chi connectivity index (χ2v) is 10.4. The van der Waals surface area contributed by atoms with Crippen LogP contribution in [0.15, 0.2) is 48.8 Å². The van der Waals surface area contributed by atoms with E-state index in [1.54, 1.807) is 36.4 Å². The van der Waals surface area contributed by atoms with E-state index in [1.807, 2.05) is 24.3 Å². The van der Waals surface area contributed by atoms with Crippen LogP contribution in [0, 0.1) is 11.5 Å². The molecule has 1 N–H and O–H groups in total. The smallest absolute Gasteiger partial charge is 0.251 e. The normalized spacial score (nSPS) is 22.8. The summed E-state index contributed by atoms with van der Waals surface area (Å²) in [6.45, 7) is 8.89. The van der Waals surface area contributed by atoms with E-state index in [0.29, 0.717) is 24.2 Å². The number of β-amino-alcohol motifs (C(OH)–C–C–N with tert-alkyl or cyclic N) is 1. The van der Waals surface area contributed by atoms with E-state index in [1.165, 1.54) is 9.80 Å². The molecule has 0 bridgehead atoms. The summed E-state index contributed by atoms with van der Waals surface area (Å²) in [7, 11) is 0. The van der Waals surface area contributed by atoms with E-state index in [2.05, 4.69) is 31.9 Å². The highest BCUT2D eigenvalue weighted by atomic mass is 16.3. The zero-order valence-electron chi connectivity index (χ0n) is 20.8. The van der Waals surface area contributed by atoms with Crippen molar-refractivity contribution in [1.82, 2.24) is 14.8 Å². The van der Waals surface area contributed by atoms with Crippen LogP contribution in [0.5, 0.6) is 0 Å². The Morgan fingerprint density at radius 2 is 1.94 bits per heavy atom. The predicted octanol–water partition coefficient (Wildman–Crippen LogP) is 2.99. The summed E-state index contributed by atoms with van der Waals surface area (Å²) in [4.78, 5) is 36.8. The molecule has 35 heavy (non-hydrogen) atoms. The van der Waals surface area contributed by atoms with Gasteiger partial charge in [-0.05, 0) is 48.9 Å². The van der Waals surface area contributed by atoms with Gasteiger partial charge in [-0.25, -0.2) is 0 Å². The molecule has 1 aromatic carbocycles. The Morgan fingerprint density at radius 1 is 1.23 bits per heavy atom. The van der Waals surface area contributed by atoms with Gasteiger partial charge in [0.25, 0.3) is 11.8 Å². The van der Waals surface area contributed by atoms with Gasteiger partial charge in [-0.3, -0.25) is 24.4 Å². The second-order valence-electron chi connectivity index (χ2n) is 10.4. The molecule has 3 heterocycles. The van der Waals surface area contributed by atoms with Gasteiger partial charge in [0.2, 0.25) is 0 Å². The minimum absolute atomic E-state index is 0.0712. The van der Waals surface area contributed by atoms with Crippen LogP contribution in [0.4, 0.5) is 5.69 Å². The number of aliphatic hydroxyl groups is 1. The van der Waals surface area contributed by atoms with Gasteiger partial charge in [-0.15, -0.1) is 0 Å². The molecule has 0 radical (unpaired) electrons. The summed E-state index contributed by atoms with van der Waals surface area (Å²) in [5.41, 5.74) is 2.21. The second kappa shape index (κ2) is 9.67. The first-order valence-electron chi connectivity index (χ1n) is 12.1. The maximum absolute atomic E-state index is 14.1. The highest BCUT2D eigenvalue weighted by Crippen LogP contribution is 2.35. The number of likely N-dealkylation sites (tertiary alicyclic amines) is 2. The summed E-state index contributed by atoms with van der Waals surface area (Å²) in [6, 6.07) is 9.29. The lowest BCUT2D eigenvalue weighted by Crippen LogP contribution is -2.63. The van der Waals surface area contributed by atoms with Crippen molar-refractivity contribution in [2.75, 3.05) is 18.0 Å². The Kier molecular flexibility index (Phi) is 6.82. The fourth-order valence-electron chi connectivity index (χ4n) is 4.81. The van der Waals surface area contributed by atoms with E-state index in [0.717, 1.165) is 12.0 Å². The number of nitriles is 1. The first-order valence-corrected chi connectivity index (χ1v) is 12.1. The Morgan fingerprint density at radius 3 is 2.49 bits per heavy atom. The quantitative estimate of drug-likeness (QED) is 0.668. The molecule has 4 atom stereocenters. The molecule has 0 aliphatic carbocycles. The molecule has 1 unspecified atom stereocenters. The van der Waals surface area contributed by atoms with Crippen molar-refractivity contribution in [3.63, 3.8) is 0 Å². The van der Waals surface area contributed by atoms with E-state index in [-0.39, 0.29) is 29.8 Å². The van der Waals surface area contributed by atoms with Gasteiger partial charge in [0.05, 0.1) is 12.1 Å². The van der Waals surface area contributed by atoms with Crippen molar-refractivity contribution in [2.24, 2.45) is 0 Å². The van der Waals surface area contributed by atoms with Gasteiger partial charge in [-0.1, -0.05) is 39.0 Å². The lowest BCUT2D eigenvalue weighted by atomic mass is 9.87. The largest absolute Gasteiger partial charge is 0.389 e. The van der Waals surface area contributed by atoms with Crippen molar-refractivity contribution in [1.29, 1.82) is 5.26 Å². The van der Waals surface area contributed by atoms with Crippen LogP contribution >= 0.6 is 0 Å². The lowest BCUT2D eigenvalue weighted by Gasteiger charge is -2.46. The molecule has 2 saturated heterocycles. The molecular formula is C27H33N5O3. The third-order valence-corrected chi connectivity index (χ3v) is 7.12. The Hall–Kier alpha value is -3.44. The number of amides is 2. The zero-order chi connectivity index (χ0) is 25.3. The number of rotatable bonds is 5. The van der Waals surface area contributed by atoms with Crippen LogP contribution in [0.2, 0.25) is 0 Å². The fraction of sp³-hybridized carbons (Fsp3) is 0.481. The number of hydrogen-bond acceptors (Lipinski definition) is 6. The molecule has 2 fully saturated rings. The van der Waals surface area contributed by atoms with Gasteiger partial charge in [-0.2, -0.15) is 5.26 Å². The fourth-order valence-corrected chi connectivity index (χ4v) is 4.81. The molecule has 1 aromatic heterocycles. The number of nitrogens with zero attached hydrogens (tertiary/aromatic N) is 5. The molecule has 0 spiro atoms. The number of carbonyl (C=O) groups is 2. The maximum Gasteiger partial charge on any atom is 0.251 e. The van der Waals surface area contributed by atoms with E-state index < -0.39 is 18.2 Å². The number of pyridine rings is 1. The van der Waals surface area contributed by atoms with E-state index in [4.69, 9.17) is 0 Å². The zero-order valence-corrected chi connectivity index (χ0v) is 20.8. The van der Waals surface area contributed by atoms with Crippen LogP contribution in [0.25, 0.3) is 0 Å². The number of aromatic nitrogens is 1. The Bertz CT molecular complexity index is 1110. The minimum atomic E-state index is -0.965. The maximum atomic E-state index is 14.1. The third kappa shape index (κ3) is 4.73. The summed E-state index contributed by atoms with van der Waals surface area (Å²) >= 11 is 0. The molecule has 2 amide bonds. The highest BCUT2D eigenvalue weighted by Gasteiger charge is 2.46. The molecule has 8 nitrogen and oxygen atoms in total. The number of benzene rings is 1. The number of aliphatic hydroxyl groups excluding tert-OH is 1. The van der Waals surface area contributed by atoms with E-state index >= 15 is 0 Å². The first kappa shape index (κ1) is 24.7. The van der Waals surface area contributed by atoms with Crippen LogP contribution in [-0.2, 0) is 15.0 Å². The molecule has 2 aliphatic rings. The van der Waals surface area contributed by atoms with Gasteiger partial charge in [0.15, 0.2) is 6.19 Å². The van der Waals surface area contributed by atoms with Crippen LogP contribution in [0.1, 0.15) is 57.7 Å². The average Bonchev–Trinajstić information content (AvgIpc) is 3.34. The number of hydrogen-bond donors (Lipinski definition) is 1. The predicted molar refractivity (Wildman–Crippen MR) is 132 cm³/mol. The summed E-state index contributed by atoms with van der Waals surface area (Å²) in [5, 5.41) is 19.7. The van der Waals surface area contributed by atoms with Gasteiger partial charge in [0, 0.05) is 36.7 Å². The van der Waals surface area contributed by atoms with Crippen LogP contribution in [-0.4, -0.2) is 63.0 Å². The van der Waals surface area contributed by atoms with Gasteiger partial charge >= 0.3 is 0 Å². The van der Waals surface area contributed by atoms with Crippen molar-refractivity contribution in [3.8, 4) is 6.19 Å². The average molecular weight is 476 g/mol. The van der Waals surface area contributed by atoms with Gasteiger partial charge in [0.1, 0.15) is 12.1 Å². The van der Waals surface area contributed by atoms with Crippen molar-refractivity contribution >= 4 is 17.5 Å². The third-order valence-electron chi connectivity index (χ3n) is 7.12.